The lowest BCUT2D eigenvalue weighted by Crippen LogP contribution is -2.41. The van der Waals surface area contributed by atoms with Crippen molar-refractivity contribution in [3.05, 3.63) is 46.7 Å². The number of halogens is 4. The number of nitrogens with one attached hydrogen (secondary N) is 1. The molecule has 0 fully saturated rings. The van der Waals surface area contributed by atoms with Gasteiger partial charge < -0.3 is 11.1 Å². The Morgan fingerprint density at radius 2 is 2.00 bits per heavy atom. The van der Waals surface area contributed by atoms with Gasteiger partial charge >= 0.3 is 0 Å². The highest BCUT2D eigenvalue weighted by Gasteiger charge is 2.28. The van der Waals surface area contributed by atoms with E-state index in [-0.39, 0.29) is 18.0 Å². The maximum atomic E-state index is 13.1. The van der Waals surface area contributed by atoms with Crippen LogP contribution in [0.5, 0.6) is 0 Å². The van der Waals surface area contributed by atoms with Crippen molar-refractivity contribution in [2.75, 3.05) is 13.1 Å². The second-order valence-electron chi connectivity index (χ2n) is 4.79. The van der Waals surface area contributed by atoms with Gasteiger partial charge in [0.1, 0.15) is 0 Å². The number of carbonyl (C=O) groups excluding carboxylic acids is 1. The average Bonchev–Trinajstić information content (AvgIpc) is 2.88. The Morgan fingerprint density at radius 3 is 2.57 bits per heavy atom. The molecule has 23 heavy (non-hydrogen) atoms. The van der Waals surface area contributed by atoms with Crippen LogP contribution in [0.4, 0.5) is 8.78 Å². The van der Waals surface area contributed by atoms with Gasteiger partial charge in [-0.2, -0.15) is 5.10 Å². The van der Waals surface area contributed by atoms with Gasteiger partial charge in [-0.1, -0.05) is 11.6 Å². The summed E-state index contributed by atoms with van der Waals surface area (Å²) in [6, 6.07) is 6.85. The molecule has 1 aromatic carbocycles. The van der Waals surface area contributed by atoms with Crippen LogP contribution in [0.2, 0.25) is 5.02 Å². The van der Waals surface area contributed by atoms with Crippen LogP contribution >= 0.6 is 24.0 Å². The SMILES string of the molecule is Cc1nn(-c2ccc(Cl)cc2)cc1C(=O)NCC(F)(F)CN.Cl. The zero-order chi connectivity index (χ0) is 16.3. The van der Waals surface area contributed by atoms with Gasteiger partial charge in [0.2, 0.25) is 0 Å². The molecule has 3 N–H and O–H groups in total. The Labute approximate surface area is 143 Å². The minimum absolute atomic E-state index is 0. The quantitative estimate of drug-likeness (QED) is 0.856. The Morgan fingerprint density at radius 1 is 1.39 bits per heavy atom. The van der Waals surface area contributed by atoms with Crippen molar-refractivity contribution in [1.29, 1.82) is 0 Å². The molecule has 0 aliphatic heterocycles. The Balaban J connectivity index is 0.00000264. The van der Waals surface area contributed by atoms with Gasteiger partial charge in [-0.15, -0.1) is 12.4 Å². The molecule has 0 atom stereocenters. The number of benzene rings is 1. The number of nitrogens with zero attached hydrogens (tertiary/aromatic N) is 2. The van der Waals surface area contributed by atoms with E-state index < -0.39 is 24.9 Å². The number of amides is 1. The molecule has 2 aromatic rings. The van der Waals surface area contributed by atoms with Crippen molar-refractivity contribution in [3.63, 3.8) is 0 Å². The molecule has 1 heterocycles. The van der Waals surface area contributed by atoms with E-state index >= 15 is 0 Å². The number of aryl methyl sites for hydroxylation is 1. The lowest BCUT2D eigenvalue weighted by molar-refractivity contribution is 0.0118. The van der Waals surface area contributed by atoms with E-state index in [1.165, 1.54) is 10.9 Å². The van der Waals surface area contributed by atoms with Crippen LogP contribution in [0.15, 0.2) is 30.5 Å². The maximum absolute atomic E-state index is 13.1. The lowest BCUT2D eigenvalue weighted by atomic mass is 10.2. The molecule has 0 aliphatic rings. The number of aromatic nitrogens is 2. The van der Waals surface area contributed by atoms with Crippen LogP contribution < -0.4 is 11.1 Å². The predicted octanol–water partition coefficient (Wildman–Crippen LogP) is 2.58. The highest BCUT2D eigenvalue weighted by molar-refractivity contribution is 6.30. The standard InChI is InChI=1S/C14H15ClF2N4O.ClH/c1-9-12(13(22)19-8-14(16,17)7-18)6-21(20-9)11-4-2-10(15)3-5-11;/h2-6H,7-8,18H2,1H3,(H,19,22);1H. The maximum Gasteiger partial charge on any atom is 0.277 e. The van der Waals surface area contributed by atoms with Crippen LogP contribution in [0.1, 0.15) is 16.1 Å². The molecule has 0 unspecified atom stereocenters. The summed E-state index contributed by atoms with van der Waals surface area (Å²) in [4.78, 5) is 12.0. The first-order chi connectivity index (χ1) is 10.3. The van der Waals surface area contributed by atoms with Crippen molar-refractivity contribution >= 4 is 29.9 Å². The largest absolute Gasteiger partial charge is 0.346 e. The van der Waals surface area contributed by atoms with E-state index in [9.17, 15) is 13.6 Å². The fraction of sp³-hybridized carbons (Fsp3) is 0.286. The first-order valence-electron chi connectivity index (χ1n) is 6.51. The molecule has 1 aromatic heterocycles. The van der Waals surface area contributed by atoms with Gasteiger partial charge in [0.15, 0.2) is 0 Å². The molecule has 0 aliphatic carbocycles. The van der Waals surface area contributed by atoms with E-state index in [1.807, 2.05) is 0 Å². The average molecular weight is 365 g/mol. The van der Waals surface area contributed by atoms with Crippen molar-refractivity contribution < 1.29 is 13.6 Å². The predicted molar refractivity (Wildman–Crippen MR) is 86.9 cm³/mol. The number of hydrogen-bond acceptors (Lipinski definition) is 3. The number of alkyl halides is 2. The molecule has 9 heteroatoms. The molecule has 0 saturated carbocycles. The zero-order valence-corrected chi connectivity index (χ0v) is 13.8. The Bertz CT molecular complexity index is 674. The van der Waals surface area contributed by atoms with Gasteiger partial charge in [0.05, 0.1) is 30.0 Å². The van der Waals surface area contributed by atoms with Gasteiger partial charge in [0, 0.05) is 11.2 Å². The summed E-state index contributed by atoms with van der Waals surface area (Å²) >= 11 is 5.81. The summed E-state index contributed by atoms with van der Waals surface area (Å²) in [7, 11) is 0. The third-order valence-corrected chi connectivity index (χ3v) is 3.29. The minimum Gasteiger partial charge on any atom is -0.346 e. The Hall–Kier alpha value is -1.70. The lowest BCUT2D eigenvalue weighted by Gasteiger charge is -2.14. The van der Waals surface area contributed by atoms with Crippen LogP contribution in [0.3, 0.4) is 0 Å². The minimum atomic E-state index is -3.13. The third kappa shape index (κ3) is 4.89. The van der Waals surface area contributed by atoms with Crippen molar-refractivity contribution in [2.45, 2.75) is 12.8 Å². The summed E-state index contributed by atoms with van der Waals surface area (Å²) < 4.78 is 27.6. The second-order valence-corrected chi connectivity index (χ2v) is 5.23. The van der Waals surface area contributed by atoms with E-state index in [1.54, 1.807) is 31.2 Å². The molecular weight excluding hydrogens is 349 g/mol. The first-order valence-corrected chi connectivity index (χ1v) is 6.88. The summed E-state index contributed by atoms with van der Waals surface area (Å²) in [6.07, 6.45) is 1.48. The van der Waals surface area contributed by atoms with Crippen LogP contribution in [0.25, 0.3) is 5.69 Å². The van der Waals surface area contributed by atoms with Gasteiger partial charge in [0.25, 0.3) is 11.8 Å². The van der Waals surface area contributed by atoms with Gasteiger partial charge in [-0.3, -0.25) is 4.79 Å². The summed E-state index contributed by atoms with van der Waals surface area (Å²) in [5.41, 5.74) is 6.29. The summed E-state index contributed by atoms with van der Waals surface area (Å²) in [5.74, 6) is -3.75. The van der Waals surface area contributed by atoms with E-state index in [2.05, 4.69) is 10.4 Å². The molecule has 0 spiro atoms. The van der Waals surface area contributed by atoms with E-state index in [4.69, 9.17) is 17.3 Å². The Kier molecular flexibility index (Phi) is 6.49. The van der Waals surface area contributed by atoms with Crippen LogP contribution in [-0.4, -0.2) is 34.7 Å². The fourth-order valence-corrected chi connectivity index (χ4v) is 1.91. The normalized spacial score (nSPS) is 11.0. The highest BCUT2D eigenvalue weighted by atomic mass is 35.5. The number of rotatable bonds is 5. The summed E-state index contributed by atoms with van der Waals surface area (Å²) in [5, 5.41) is 6.94. The molecule has 0 saturated heterocycles. The van der Waals surface area contributed by atoms with Gasteiger partial charge in [-0.05, 0) is 31.2 Å². The monoisotopic (exact) mass is 364 g/mol. The van der Waals surface area contributed by atoms with E-state index in [0.717, 1.165) is 0 Å². The summed E-state index contributed by atoms with van der Waals surface area (Å²) in [6.45, 7) is -0.00734. The first kappa shape index (κ1) is 19.3. The van der Waals surface area contributed by atoms with Crippen molar-refractivity contribution in [2.24, 2.45) is 5.73 Å². The van der Waals surface area contributed by atoms with Crippen LogP contribution in [0, 0.1) is 6.92 Å². The van der Waals surface area contributed by atoms with Crippen molar-refractivity contribution in [1.82, 2.24) is 15.1 Å². The molecule has 5 nitrogen and oxygen atoms in total. The molecule has 0 radical (unpaired) electrons. The number of nitrogens with two attached hydrogens (primary N) is 1. The van der Waals surface area contributed by atoms with E-state index in [0.29, 0.717) is 16.4 Å². The smallest absolute Gasteiger partial charge is 0.277 e. The molecule has 1 amide bonds. The second kappa shape index (κ2) is 7.72. The topological polar surface area (TPSA) is 72.9 Å². The molecule has 0 bridgehead atoms. The fourth-order valence-electron chi connectivity index (χ4n) is 1.79. The third-order valence-electron chi connectivity index (χ3n) is 3.04. The molecule has 2 rings (SSSR count). The van der Waals surface area contributed by atoms with Gasteiger partial charge in [-0.25, -0.2) is 13.5 Å². The van der Waals surface area contributed by atoms with Crippen molar-refractivity contribution in [3.8, 4) is 5.69 Å². The highest BCUT2D eigenvalue weighted by Crippen LogP contribution is 2.16. The number of carbonyl (C=O) groups is 1. The number of hydrogen-bond donors (Lipinski definition) is 2. The molecule has 126 valence electrons. The van der Waals surface area contributed by atoms with Crippen LogP contribution in [-0.2, 0) is 0 Å². The zero-order valence-electron chi connectivity index (χ0n) is 12.2. The molecular formula is C14H16Cl2F2N4O.